The van der Waals surface area contributed by atoms with Crippen LogP contribution in [0.5, 0.6) is 0 Å². The highest BCUT2D eigenvalue weighted by Crippen LogP contribution is 2.24. The summed E-state index contributed by atoms with van der Waals surface area (Å²) in [5, 5.41) is 2.15. The summed E-state index contributed by atoms with van der Waals surface area (Å²) in [6, 6.07) is 2.91. The molecular formula is C16H23N3S. The van der Waals surface area contributed by atoms with E-state index < -0.39 is 0 Å². The smallest absolute Gasteiger partial charge is 0.0555 e. The molecule has 1 aromatic heterocycles. The normalized spacial score (nSPS) is 23.9. The van der Waals surface area contributed by atoms with Crippen LogP contribution in [0.3, 0.4) is 0 Å². The molecule has 0 spiro atoms. The summed E-state index contributed by atoms with van der Waals surface area (Å²) < 4.78 is 0. The first-order chi connectivity index (χ1) is 9.86. The van der Waals surface area contributed by atoms with Crippen LogP contribution in [0.4, 0.5) is 0 Å². The number of thiophene rings is 1. The third-order valence-electron chi connectivity index (χ3n) is 4.36. The Kier molecular flexibility index (Phi) is 4.74. The van der Waals surface area contributed by atoms with Crippen LogP contribution in [0.1, 0.15) is 29.7 Å². The average molecular weight is 289 g/mol. The van der Waals surface area contributed by atoms with Crippen LogP contribution >= 0.6 is 11.3 Å². The average Bonchev–Trinajstić information content (AvgIpc) is 2.92. The fourth-order valence-electron chi connectivity index (χ4n) is 3.29. The van der Waals surface area contributed by atoms with Gasteiger partial charge in [-0.05, 0) is 30.8 Å². The minimum atomic E-state index is 0.441. The predicted octanol–water partition coefficient (Wildman–Crippen LogP) is 1.73. The Morgan fingerprint density at radius 3 is 3.15 bits per heavy atom. The van der Waals surface area contributed by atoms with Crippen molar-refractivity contribution < 1.29 is 0 Å². The Hall–Kier alpha value is -0.860. The lowest BCUT2D eigenvalue weighted by Gasteiger charge is -2.44. The lowest BCUT2D eigenvalue weighted by Crippen LogP contribution is -2.54. The Morgan fingerprint density at radius 2 is 2.25 bits per heavy atom. The Balaban J connectivity index is 1.62. The van der Waals surface area contributed by atoms with Crippen LogP contribution < -0.4 is 5.73 Å². The van der Waals surface area contributed by atoms with Gasteiger partial charge in [0.25, 0.3) is 0 Å². The number of nitrogens with zero attached hydrogens (tertiary/aromatic N) is 2. The minimum absolute atomic E-state index is 0.441. The molecule has 3 nitrogen and oxygen atoms in total. The van der Waals surface area contributed by atoms with Gasteiger partial charge in [0.2, 0.25) is 0 Å². The maximum atomic E-state index is 5.47. The van der Waals surface area contributed by atoms with Crippen LogP contribution in [0.25, 0.3) is 0 Å². The summed E-state index contributed by atoms with van der Waals surface area (Å²) in [6.45, 7) is 6.46. The van der Waals surface area contributed by atoms with E-state index in [9.17, 15) is 0 Å². The van der Waals surface area contributed by atoms with E-state index in [1.54, 1.807) is 0 Å². The number of nitrogens with two attached hydrogens (primary N) is 1. The van der Waals surface area contributed by atoms with E-state index in [1.807, 2.05) is 11.3 Å². The third kappa shape index (κ3) is 3.24. The van der Waals surface area contributed by atoms with Gasteiger partial charge in [0.15, 0.2) is 0 Å². The fourth-order valence-corrected chi connectivity index (χ4v) is 4.16. The van der Waals surface area contributed by atoms with Crippen molar-refractivity contribution in [1.29, 1.82) is 0 Å². The molecular weight excluding hydrogens is 266 g/mol. The van der Waals surface area contributed by atoms with Gasteiger partial charge in [-0.15, -0.1) is 11.3 Å². The van der Waals surface area contributed by atoms with Crippen molar-refractivity contribution in [3.63, 3.8) is 0 Å². The van der Waals surface area contributed by atoms with Crippen LogP contribution in [-0.4, -0.2) is 48.6 Å². The van der Waals surface area contributed by atoms with Crippen LogP contribution in [-0.2, 0) is 6.54 Å². The second-order valence-corrected chi connectivity index (χ2v) is 6.68. The number of piperidine rings is 1. The van der Waals surface area contributed by atoms with Crippen LogP contribution in [0.2, 0.25) is 0 Å². The summed E-state index contributed by atoms with van der Waals surface area (Å²) in [5.41, 5.74) is 6.64. The summed E-state index contributed by atoms with van der Waals surface area (Å²) in [6.07, 6.45) is 4.17. The van der Waals surface area contributed by atoms with E-state index in [2.05, 4.69) is 33.1 Å². The topological polar surface area (TPSA) is 32.5 Å². The van der Waals surface area contributed by atoms with Gasteiger partial charge in [-0.3, -0.25) is 9.80 Å². The molecule has 0 aliphatic carbocycles. The SMILES string of the molecule is NCC#Cc1ccsc1CN1CCN2CCCCC2C1. The van der Waals surface area contributed by atoms with Gasteiger partial charge >= 0.3 is 0 Å². The fraction of sp³-hybridized carbons (Fsp3) is 0.625. The first kappa shape index (κ1) is 14.1. The van der Waals surface area contributed by atoms with Gasteiger partial charge in [-0.25, -0.2) is 0 Å². The second kappa shape index (κ2) is 6.73. The molecule has 20 heavy (non-hydrogen) atoms. The molecule has 0 radical (unpaired) electrons. The number of hydrogen-bond acceptors (Lipinski definition) is 4. The first-order valence-corrected chi connectivity index (χ1v) is 8.46. The Labute approximate surface area is 125 Å². The zero-order chi connectivity index (χ0) is 13.8. The summed E-state index contributed by atoms with van der Waals surface area (Å²) in [7, 11) is 0. The molecule has 0 bridgehead atoms. The van der Waals surface area contributed by atoms with E-state index in [0.717, 1.165) is 12.6 Å². The van der Waals surface area contributed by atoms with Gasteiger partial charge in [-0.1, -0.05) is 18.3 Å². The highest BCUT2D eigenvalue weighted by Gasteiger charge is 2.28. The summed E-state index contributed by atoms with van der Waals surface area (Å²) >= 11 is 1.82. The molecule has 2 saturated heterocycles. The molecule has 0 amide bonds. The van der Waals surface area contributed by atoms with E-state index in [4.69, 9.17) is 5.73 Å². The largest absolute Gasteiger partial charge is 0.320 e. The lowest BCUT2D eigenvalue weighted by atomic mass is 9.99. The van der Waals surface area contributed by atoms with Crippen molar-refractivity contribution in [3.8, 4) is 11.8 Å². The molecule has 1 atom stereocenters. The third-order valence-corrected chi connectivity index (χ3v) is 5.26. The summed E-state index contributed by atoms with van der Waals surface area (Å²) in [5.74, 6) is 6.17. The number of hydrogen-bond donors (Lipinski definition) is 1. The predicted molar refractivity (Wildman–Crippen MR) is 84.7 cm³/mol. The zero-order valence-electron chi connectivity index (χ0n) is 12.0. The maximum absolute atomic E-state index is 5.47. The summed E-state index contributed by atoms with van der Waals surface area (Å²) in [4.78, 5) is 6.69. The number of rotatable bonds is 2. The van der Waals surface area contributed by atoms with Crippen molar-refractivity contribution in [2.45, 2.75) is 31.8 Å². The second-order valence-electron chi connectivity index (χ2n) is 5.68. The van der Waals surface area contributed by atoms with Gasteiger partial charge in [0.1, 0.15) is 0 Å². The van der Waals surface area contributed by atoms with Gasteiger partial charge in [-0.2, -0.15) is 0 Å². The van der Waals surface area contributed by atoms with Crippen LogP contribution in [0, 0.1) is 11.8 Å². The minimum Gasteiger partial charge on any atom is -0.320 e. The van der Waals surface area contributed by atoms with Gasteiger partial charge < -0.3 is 5.73 Å². The van der Waals surface area contributed by atoms with Crippen molar-refractivity contribution in [2.24, 2.45) is 5.73 Å². The molecule has 3 rings (SSSR count). The molecule has 3 heterocycles. The number of fused-ring (bicyclic) bond motifs is 1. The molecule has 108 valence electrons. The molecule has 1 unspecified atom stereocenters. The highest BCUT2D eigenvalue weighted by molar-refractivity contribution is 7.10. The molecule has 1 aromatic rings. The molecule has 2 aliphatic rings. The quantitative estimate of drug-likeness (QED) is 0.842. The van der Waals surface area contributed by atoms with Crippen LogP contribution in [0.15, 0.2) is 11.4 Å². The maximum Gasteiger partial charge on any atom is 0.0555 e. The Morgan fingerprint density at radius 1 is 1.30 bits per heavy atom. The first-order valence-electron chi connectivity index (χ1n) is 7.58. The van der Waals surface area contributed by atoms with Crippen molar-refractivity contribution in [1.82, 2.24) is 9.80 Å². The van der Waals surface area contributed by atoms with E-state index in [0.29, 0.717) is 6.54 Å². The van der Waals surface area contributed by atoms with Gasteiger partial charge in [0, 0.05) is 42.7 Å². The molecule has 0 aromatic carbocycles. The Bertz CT molecular complexity index is 499. The van der Waals surface area contributed by atoms with Crippen molar-refractivity contribution in [2.75, 3.05) is 32.7 Å². The molecule has 2 N–H and O–H groups in total. The molecule has 2 aliphatic heterocycles. The van der Waals surface area contributed by atoms with Crippen molar-refractivity contribution in [3.05, 3.63) is 21.9 Å². The molecule has 4 heteroatoms. The lowest BCUT2D eigenvalue weighted by molar-refractivity contribution is 0.0461. The molecule has 0 saturated carbocycles. The highest BCUT2D eigenvalue weighted by atomic mass is 32.1. The van der Waals surface area contributed by atoms with E-state index in [-0.39, 0.29) is 0 Å². The monoisotopic (exact) mass is 289 g/mol. The van der Waals surface area contributed by atoms with Crippen molar-refractivity contribution >= 4 is 11.3 Å². The number of piperazine rings is 1. The standard InChI is InChI=1S/C16H23N3S/c17-7-3-4-14-6-11-20-16(14)13-18-9-10-19-8-2-1-5-15(19)12-18/h6,11,15H,1-2,5,7-10,12-13,17H2. The van der Waals surface area contributed by atoms with E-state index >= 15 is 0 Å². The van der Waals surface area contributed by atoms with E-state index in [1.165, 1.54) is 55.9 Å². The molecule has 2 fully saturated rings. The zero-order valence-corrected chi connectivity index (χ0v) is 12.8. The van der Waals surface area contributed by atoms with Gasteiger partial charge in [0.05, 0.1) is 6.54 Å².